The van der Waals surface area contributed by atoms with Gasteiger partial charge in [-0.2, -0.15) is 4.79 Å². The van der Waals surface area contributed by atoms with Crippen LogP contribution in [0, 0.1) is 0 Å². The molecular weight excluding hydrogens is 224 g/mol. The summed E-state index contributed by atoms with van der Waals surface area (Å²) in [6, 6.07) is 17.8. The molecule has 0 unspecified atom stereocenters. The van der Waals surface area contributed by atoms with Gasteiger partial charge in [0, 0.05) is 6.42 Å². The van der Waals surface area contributed by atoms with Crippen LogP contribution >= 0.6 is 0 Å². The van der Waals surface area contributed by atoms with Gasteiger partial charge in [-0.05, 0) is 16.7 Å². The van der Waals surface area contributed by atoms with Crippen molar-refractivity contribution in [2.45, 2.75) is 6.42 Å². The van der Waals surface area contributed by atoms with Crippen LogP contribution in [0.4, 0.5) is 0 Å². The van der Waals surface area contributed by atoms with Crippen LogP contribution in [0.5, 0.6) is 0 Å². The molecule has 0 aliphatic rings. The number of carbonyl (C=O) groups excluding carboxylic acids is 1. The Hall–Kier alpha value is -2.51. The van der Waals surface area contributed by atoms with Gasteiger partial charge in [-0.25, -0.2) is 0 Å². The molecule has 0 aliphatic carbocycles. The highest BCUT2D eigenvalue weighted by molar-refractivity contribution is 6.25. The first-order chi connectivity index (χ1) is 8.79. The van der Waals surface area contributed by atoms with E-state index in [4.69, 9.17) is 5.53 Å². The third kappa shape index (κ3) is 3.00. The molecule has 0 saturated carbocycles. The van der Waals surface area contributed by atoms with Gasteiger partial charge < -0.3 is 5.53 Å². The van der Waals surface area contributed by atoms with Crippen LogP contribution < -0.4 is 0 Å². The summed E-state index contributed by atoms with van der Waals surface area (Å²) < 4.78 is 0. The molecule has 0 spiro atoms. The molecule has 0 heterocycles. The van der Waals surface area contributed by atoms with Crippen LogP contribution in [0.2, 0.25) is 0 Å². The second-order valence-electron chi connectivity index (χ2n) is 3.95. The number of Topliss-reactive ketones (excluding diaryl/α,β-unsaturated/α-hetero) is 1. The molecule has 0 radical (unpaired) electrons. The fourth-order valence-corrected chi connectivity index (χ4v) is 1.76. The van der Waals surface area contributed by atoms with Gasteiger partial charge in [0.05, 0.1) is 0 Å². The largest absolute Gasteiger partial charge is 0.361 e. The van der Waals surface area contributed by atoms with E-state index in [0.29, 0.717) is 0 Å². The van der Waals surface area contributed by atoms with Crippen LogP contribution in [0.3, 0.4) is 0 Å². The van der Waals surface area contributed by atoms with Crippen molar-refractivity contribution in [2.75, 3.05) is 0 Å². The van der Waals surface area contributed by atoms with Gasteiger partial charge in [0.15, 0.2) is 0 Å². The molecule has 2 aromatic carbocycles. The third-order valence-electron chi connectivity index (χ3n) is 2.64. The lowest BCUT2D eigenvalue weighted by Gasteiger charge is -2.02. The van der Waals surface area contributed by atoms with Gasteiger partial charge in [0.2, 0.25) is 5.78 Å². The first kappa shape index (κ1) is 12.0. The van der Waals surface area contributed by atoms with E-state index < -0.39 is 0 Å². The van der Waals surface area contributed by atoms with E-state index in [9.17, 15) is 4.79 Å². The topological polar surface area (TPSA) is 53.5 Å². The van der Waals surface area contributed by atoms with Crippen molar-refractivity contribution in [3.05, 3.63) is 65.7 Å². The Kier molecular flexibility index (Phi) is 3.79. The van der Waals surface area contributed by atoms with Crippen LogP contribution in [-0.4, -0.2) is 16.8 Å². The quantitative estimate of drug-likeness (QED) is 0.457. The van der Waals surface area contributed by atoms with Crippen molar-refractivity contribution in [2.24, 2.45) is 0 Å². The van der Waals surface area contributed by atoms with E-state index in [1.807, 2.05) is 54.6 Å². The molecule has 18 heavy (non-hydrogen) atoms. The predicted octanol–water partition coefficient (Wildman–Crippen LogP) is 2.77. The third-order valence-corrected chi connectivity index (χ3v) is 2.64. The van der Waals surface area contributed by atoms with Gasteiger partial charge in [-0.15, -0.1) is 0 Å². The number of carbonyl (C=O) groups is 1. The smallest absolute Gasteiger partial charge is 0.323 e. The zero-order chi connectivity index (χ0) is 12.8. The monoisotopic (exact) mass is 236 g/mol. The molecule has 3 nitrogen and oxygen atoms in total. The summed E-state index contributed by atoms with van der Waals surface area (Å²) >= 11 is 0. The molecule has 0 atom stereocenters. The molecule has 2 aromatic rings. The number of hydrogen-bond donors (Lipinski definition) is 0. The van der Waals surface area contributed by atoms with Gasteiger partial charge >= 0.3 is 6.21 Å². The molecule has 0 amide bonds. The first-order valence-electron chi connectivity index (χ1n) is 5.64. The minimum atomic E-state index is -0.218. The van der Waals surface area contributed by atoms with E-state index in [1.165, 1.54) is 0 Å². The molecule has 0 aliphatic heterocycles. The van der Waals surface area contributed by atoms with Crippen LogP contribution in [0.15, 0.2) is 54.6 Å². The molecule has 0 bridgehead atoms. The predicted molar refractivity (Wildman–Crippen MR) is 70.3 cm³/mol. The molecule has 0 aromatic heterocycles. The minimum absolute atomic E-state index is 0.218. The SMILES string of the molecule is [N-]=[N+]=CC(=O)Cc1ccc(-c2ccccc2)cc1. The minimum Gasteiger partial charge on any atom is -0.361 e. The highest BCUT2D eigenvalue weighted by Gasteiger charge is 2.04. The Morgan fingerprint density at radius 2 is 1.61 bits per heavy atom. The molecule has 3 heteroatoms. The molecule has 0 fully saturated rings. The lowest BCUT2D eigenvalue weighted by molar-refractivity contribution is -0.115. The van der Waals surface area contributed by atoms with Crippen molar-refractivity contribution in [1.29, 1.82) is 0 Å². The Balaban J connectivity index is 2.16. The standard InChI is InChI=1S/C15H12N2O/c16-17-11-15(18)10-12-6-8-14(9-7-12)13-4-2-1-3-5-13/h1-9,11H,10H2. The Bertz CT molecular complexity index is 582. The second-order valence-corrected chi connectivity index (χ2v) is 3.95. The summed E-state index contributed by atoms with van der Waals surface area (Å²) in [6.45, 7) is 0. The normalized spacial score (nSPS) is 9.56. The summed E-state index contributed by atoms with van der Waals surface area (Å²) in [4.78, 5) is 14.0. The first-order valence-corrected chi connectivity index (χ1v) is 5.64. The lowest BCUT2D eigenvalue weighted by Crippen LogP contribution is -2.04. The number of hydrogen-bond acceptors (Lipinski definition) is 1. The fourth-order valence-electron chi connectivity index (χ4n) is 1.76. The van der Waals surface area contributed by atoms with Crippen molar-refractivity contribution in [1.82, 2.24) is 0 Å². The number of ketones is 1. The zero-order valence-electron chi connectivity index (χ0n) is 9.78. The molecule has 0 N–H and O–H groups in total. The lowest BCUT2D eigenvalue weighted by atomic mass is 10.0. The maximum Gasteiger partial charge on any atom is 0.323 e. The molecule has 0 saturated heterocycles. The summed E-state index contributed by atoms with van der Waals surface area (Å²) in [5.41, 5.74) is 11.4. The van der Waals surface area contributed by atoms with E-state index in [2.05, 4.69) is 4.79 Å². The van der Waals surface area contributed by atoms with Crippen molar-refractivity contribution in [3.8, 4) is 11.1 Å². The second kappa shape index (κ2) is 5.71. The maximum atomic E-state index is 11.3. The average Bonchev–Trinajstić information content (AvgIpc) is 2.41. The number of benzene rings is 2. The molecule has 88 valence electrons. The van der Waals surface area contributed by atoms with Gasteiger partial charge in [0.25, 0.3) is 0 Å². The van der Waals surface area contributed by atoms with Crippen molar-refractivity contribution in [3.63, 3.8) is 0 Å². The van der Waals surface area contributed by atoms with Crippen LogP contribution in [0.25, 0.3) is 16.7 Å². The zero-order valence-corrected chi connectivity index (χ0v) is 9.78. The summed E-state index contributed by atoms with van der Waals surface area (Å²) in [7, 11) is 0. The fraction of sp³-hybridized carbons (Fsp3) is 0.0667. The van der Waals surface area contributed by atoms with Crippen molar-refractivity contribution >= 4 is 12.0 Å². The Labute approximate surface area is 105 Å². The van der Waals surface area contributed by atoms with Gasteiger partial charge in [0.1, 0.15) is 0 Å². The maximum absolute atomic E-state index is 11.3. The average molecular weight is 236 g/mol. The Morgan fingerprint density at radius 1 is 1.00 bits per heavy atom. The van der Waals surface area contributed by atoms with Crippen LogP contribution in [-0.2, 0) is 11.2 Å². The molecule has 2 rings (SSSR count). The van der Waals surface area contributed by atoms with Gasteiger partial charge in [-0.1, -0.05) is 54.6 Å². The summed E-state index contributed by atoms with van der Waals surface area (Å²) in [5, 5.41) is 0. The number of nitrogens with zero attached hydrogens (tertiary/aromatic N) is 2. The van der Waals surface area contributed by atoms with Crippen molar-refractivity contribution < 1.29 is 9.58 Å². The Morgan fingerprint density at radius 3 is 2.22 bits per heavy atom. The van der Waals surface area contributed by atoms with E-state index in [1.54, 1.807) is 0 Å². The van der Waals surface area contributed by atoms with E-state index >= 15 is 0 Å². The van der Waals surface area contributed by atoms with E-state index in [0.717, 1.165) is 22.9 Å². The van der Waals surface area contributed by atoms with Gasteiger partial charge in [-0.3, -0.25) is 4.79 Å². The van der Waals surface area contributed by atoms with Crippen LogP contribution in [0.1, 0.15) is 5.56 Å². The summed E-state index contributed by atoms with van der Waals surface area (Å²) in [5.74, 6) is -0.218. The van der Waals surface area contributed by atoms with E-state index in [-0.39, 0.29) is 12.2 Å². The highest BCUT2D eigenvalue weighted by Crippen LogP contribution is 2.19. The highest BCUT2D eigenvalue weighted by atomic mass is 16.1. The molecular formula is C15H12N2O. The number of rotatable bonds is 4. The summed E-state index contributed by atoms with van der Waals surface area (Å²) in [6.07, 6.45) is 1.17.